The molecule has 0 saturated heterocycles. The molecule has 84 valence electrons. The predicted molar refractivity (Wildman–Crippen MR) is 52.0 cm³/mol. The average molecular weight is 212 g/mol. The Morgan fingerprint density at radius 2 is 1.80 bits per heavy atom. The lowest BCUT2D eigenvalue weighted by Crippen LogP contribution is -2.30. The van der Waals surface area contributed by atoms with E-state index in [1.54, 1.807) is 6.92 Å². The fourth-order valence-electron chi connectivity index (χ4n) is 1.50. The molecular weight excluding hydrogens is 196 g/mol. The fourth-order valence-corrected chi connectivity index (χ4v) is 1.50. The van der Waals surface area contributed by atoms with E-state index in [9.17, 15) is 9.59 Å². The Morgan fingerprint density at radius 1 is 1.20 bits per heavy atom. The second-order valence-electron chi connectivity index (χ2n) is 4.34. The van der Waals surface area contributed by atoms with Crippen molar-refractivity contribution in [3.05, 3.63) is 0 Å². The Kier molecular flexibility index (Phi) is 2.67. The molecule has 0 aliphatic heterocycles. The zero-order valence-electron chi connectivity index (χ0n) is 8.95. The molecule has 0 aromatic heterocycles. The zero-order chi connectivity index (χ0) is 10.9. The topological polar surface area (TPSA) is 52.6 Å². The number of hydrogen-bond acceptors (Lipinski definition) is 4. The molecule has 15 heavy (non-hydrogen) atoms. The van der Waals surface area contributed by atoms with E-state index in [2.05, 4.69) is 0 Å². The van der Waals surface area contributed by atoms with E-state index < -0.39 is 11.4 Å². The normalized spacial score (nSPS) is 21.9. The van der Waals surface area contributed by atoms with E-state index in [0.29, 0.717) is 32.0 Å². The van der Waals surface area contributed by atoms with Crippen LogP contribution in [0, 0.1) is 11.3 Å². The highest BCUT2D eigenvalue weighted by molar-refractivity contribution is 6.03. The summed E-state index contributed by atoms with van der Waals surface area (Å²) in [6.07, 6.45) is 3.43. The molecule has 2 saturated carbocycles. The molecule has 2 aliphatic rings. The van der Waals surface area contributed by atoms with Gasteiger partial charge >= 0.3 is 11.9 Å². The molecule has 0 atom stereocenters. The maximum atomic E-state index is 11.7. The maximum absolute atomic E-state index is 11.7. The molecular formula is C11H16O4. The van der Waals surface area contributed by atoms with Crippen LogP contribution in [0.5, 0.6) is 0 Å². The molecule has 0 aromatic rings. The van der Waals surface area contributed by atoms with Crippen LogP contribution in [0.25, 0.3) is 0 Å². The number of esters is 2. The highest BCUT2D eigenvalue weighted by Crippen LogP contribution is 2.48. The van der Waals surface area contributed by atoms with E-state index >= 15 is 0 Å². The van der Waals surface area contributed by atoms with Gasteiger partial charge in [0, 0.05) is 0 Å². The van der Waals surface area contributed by atoms with Gasteiger partial charge in [0.25, 0.3) is 0 Å². The van der Waals surface area contributed by atoms with Gasteiger partial charge < -0.3 is 9.47 Å². The second-order valence-corrected chi connectivity index (χ2v) is 4.34. The van der Waals surface area contributed by atoms with Crippen molar-refractivity contribution in [3.63, 3.8) is 0 Å². The Balaban J connectivity index is 1.84. The minimum atomic E-state index is -0.940. The summed E-state index contributed by atoms with van der Waals surface area (Å²) in [4.78, 5) is 23.2. The fraction of sp³-hybridized carbons (Fsp3) is 0.818. The third-order valence-electron chi connectivity index (χ3n) is 2.95. The van der Waals surface area contributed by atoms with Gasteiger partial charge in [0.15, 0.2) is 5.41 Å². The van der Waals surface area contributed by atoms with Crippen molar-refractivity contribution >= 4 is 11.9 Å². The molecule has 2 fully saturated rings. The minimum absolute atomic E-state index is 0.316. The van der Waals surface area contributed by atoms with Crippen molar-refractivity contribution < 1.29 is 19.1 Å². The number of rotatable bonds is 5. The van der Waals surface area contributed by atoms with Crippen LogP contribution < -0.4 is 0 Å². The van der Waals surface area contributed by atoms with Gasteiger partial charge in [-0.1, -0.05) is 0 Å². The molecule has 0 radical (unpaired) electrons. The minimum Gasteiger partial charge on any atom is -0.465 e. The first kappa shape index (κ1) is 10.5. The summed E-state index contributed by atoms with van der Waals surface area (Å²) in [7, 11) is 0. The van der Waals surface area contributed by atoms with Crippen LogP contribution in [-0.2, 0) is 19.1 Å². The molecule has 4 heteroatoms. The summed E-state index contributed by atoms with van der Waals surface area (Å²) in [5.74, 6) is -0.259. The molecule has 0 heterocycles. The lowest BCUT2D eigenvalue weighted by atomic mass is 10.1. The highest BCUT2D eigenvalue weighted by Gasteiger charge is 2.59. The largest absolute Gasteiger partial charge is 0.465 e. The molecule has 0 aromatic carbocycles. The van der Waals surface area contributed by atoms with Gasteiger partial charge in [-0.2, -0.15) is 0 Å². The molecule has 2 aliphatic carbocycles. The van der Waals surface area contributed by atoms with Crippen molar-refractivity contribution in [1.82, 2.24) is 0 Å². The highest BCUT2D eigenvalue weighted by atomic mass is 16.6. The van der Waals surface area contributed by atoms with E-state index in [0.717, 1.165) is 12.8 Å². The summed E-state index contributed by atoms with van der Waals surface area (Å²) < 4.78 is 9.99. The smallest absolute Gasteiger partial charge is 0.323 e. The summed E-state index contributed by atoms with van der Waals surface area (Å²) in [6, 6.07) is 0. The Labute approximate surface area is 88.9 Å². The Morgan fingerprint density at radius 3 is 2.27 bits per heavy atom. The Hall–Kier alpha value is -1.06. The van der Waals surface area contributed by atoms with Gasteiger partial charge in [0.2, 0.25) is 0 Å². The quantitative estimate of drug-likeness (QED) is 0.509. The number of carbonyl (C=O) groups is 2. The number of ether oxygens (including phenoxy) is 2. The summed E-state index contributed by atoms with van der Waals surface area (Å²) in [5, 5.41) is 0. The number of carbonyl (C=O) groups excluding carboxylic acids is 2. The monoisotopic (exact) mass is 212 g/mol. The van der Waals surface area contributed by atoms with Gasteiger partial charge in [-0.25, -0.2) is 0 Å². The predicted octanol–water partition coefficient (Wildman–Crippen LogP) is 1.28. The molecule has 0 bridgehead atoms. The van der Waals surface area contributed by atoms with Gasteiger partial charge in [-0.3, -0.25) is 9.59 Å². The molecule has 4 nitrogen and oxygen atoms in total. The first-order valence-electron chi connectivity index (χ1n) is 5.53. The van der Waals surface area contributed by atoms with Crippen LogP contribution in [0.15, 0.2) is 0 Å². The number of hydrogen-bond donors (Lipinski definition) is 0. The summed E-state index contributed by atoms with van der Waals surface area (Å²) >= 11 is 0. The average Bonchev–Trinajstić information content (AvgIpc) is 3.08. The first-order valence-corrected chi connectivity index (χ1v) is 5.53. The Bertz CT molecular complexity index is 276. The molecule has 0 unspecified atom stereocenters. The molecule has 0 spiro atoms. The zero-order valence-corrected chi connectivity index (χ0v) is 8.95. The van der Waals surface area contributed by atoms with E-state index in [4.69, 9.17) is 9.47 Å². The van der Waals surface area contributed by atoms with Crippen molar-refractivity contribution in [1.29, 1.82) is 0 Å². The second kappa shape index (κ2) is 3.83. The van der Waals surface area contributed by atoms with E-state index in [-0.39, 0.29) is 5.97 Å². The molecule has 0 N–H and O–H groups in total. The third-order valence-corrected chi connectivity index (χ3v) is 2.95. The SMILES string of the molecule is CCOC(=O)C1(C(=O)OCC2CC2)CC1. The summed E-state index contributed by atoms with van der Waals surface area (Å²) in [5.41, 5.74) is -0.940. The maximum Gasteiger partial charge on any atom is 0.323 e. The first-order chi connectivity index (χ1) is 7.19. The van der Waals surface area contributed by atoms with Crippen LogP contribution in [-0.4, -0.2) is 25.2 Å². The standard InChI is InChI=1S/C11H16O4/c1-2-14-9(12)11(5-6-11)10(13)15-7-8-3-4-8/h8H,2-7H2,1H3. The third kappa shape index (κ3) is 2.13. The van der Waals surface area contributed by atoms with Gasteiger partial charge in [-0.15, -0.1) is 0 Å². The van der Waals surface area contributed by atoms with Crippen LogP contribution in [0.2, 0.25) is 0 Å². The van der Waals surface area contributed by atoms with Gasteiger partial charge in [0.1, 0.15) is 0 Å². The van der Waals surface area contributed by atoms with Crippen LogP contribution in [0.1, 0.15) is 32.6 Å². The molecule has 0 amide bonds. The van der Waals surface area contributed by atoms with Crippen LogP contribution in [0.3, 0.4) is 0 Å². The van der Waals surface area contributed by atoms with Crippen molar-refractivity contribution in [2.75, 3.05) is 13.2 Å². The van der Waals surface area contributed by atoms with Crippen LogP contribution >= 0.6 is 0 Å². The van der Waals surface area contributed by atoms with Crippen molar-refractivity contribution in [3.8, 4) is 0 Å². The van der Waals surface area contributed by atoms with Crippen molar-refractivity contribution in [2.24, 2.45) is 11.3 Å². The lowest BCUT2D eigenvalue weighted by molar-refractivity contribution is -0.164. The summed E-state index contributed by atoms with van der Waals surface area (Å²) in [6.45, 7) is 2.53. The molecule has 2 rings (SSSR count). The van der Waals surface area contributed by atoms with E-state index in [1.807, 2.05) is 0 Å². The lowest BCUT2D eigenvalue weighted by Gasteiger charge is -2.12. The van der Waals surface area contributed by atoms with E-state index in [1.165, 1.54) is 0 Å². The van der Waals surface area contributed by atoms with Gasteiger partial charge in [0.05, 0.1) is 13.2 Å². The van der Waals surface area contributed by atoms with Crippen molar-refractivity contribution in [2.45, 2.75) is 32.6 Å². The van der Waals surface area contributed by atoms with Crippen LogP contribution in [0.4, 0.5) is 0 Å². The van der Waals surface area contributed by atoms with Gasteiger partial charge in [-0.05, 0) is 38.5 Å².